The van der Waals surface area contributed by atoms with Crippen LogP contribution in [0.1, 0.15) is 89.7 Å². The van der Waals surface area contributed by atoms with Crippen LogP contribution in [0.5, 0.6) is 0 Å². The maximum Gasteiger partial charge on any atom is 0 e. The van der Waals surface area contributed by atoms with Crippen LogP contribution in [-0.2, 0) is 32.9 Å². The summed E-state index contributed by atoms with van der Waals surface area (Å²) >= 11 is -2.39. The Morgan fingerprint density at radius 1 is 0.757 bits per heavy atom. The molecule has 10 rings (SSSR count). The van der Waals surface area contributed by atoms with Gasteiger partial charge >= 0.3 is 211 Å². The van der Waals surface area contributed by atoms with Crippen molar-refractivity contribution in [2.24, 2.45) is 11.3 Å². The monoisotopic (exact) mass is 1170 g/mol. The van der Waals surface area contributed by atoms with E-state index in [0.29, 0.717) is 44.3 Å². The molecule has 1 aliphatic rings. The van der Waals surface area contributed by atoms with Crippen LogP contribution in [0.2, 0.25) is 17.3 Å². The Bertz CT molecular complexity index is 3400. The quantitative estimate of drug-likeness (QED) is 0.0956. The van der Waals surface area contributed by atoms with E-state index < -0.39 is 43.1 Å². The summed E-state index contributed by atoms with van der Waals surface area (Å²) in [6.45, 7) is 9.41. The van der Waals surface area contributed by atoms with Crippen molar-refractivity contribution in [2.45, 2.75) is 96.2 Å². The summed E-state index contributed by atoms with van der Waals surface area (Å²) in [5, 5.41) is 1.03. The van der Waals surface area contributed by atoms with E-state index in [2.05, 4.69) is 75.7 Å². The molecule has 1 aliphatic carbocycles. The van der Waals surface area contributed by atoms with Gasteiger partial charge in [-0.1, -0.05) is 93.6 Å². The Labute approximate surface area is 438 Å². The first kappa shape index (κ1) is 44.3. The van der Waals surface area contributed by atoms with Gasteiger partial charge in [0, 0.05) is 41.6 Å². The smallest absolute Gasteiger partial charge is 0 e. The molecule has 3 heterocycles. The normalized spacial score (nSPS) is 14.7. The van der Waals surface area contributed by atoms with Crippen molar-refractivity contribution in [2.75, 3.05) is 4.90 Å². The maximum absolute atomic E-state index is 15.2. The molecule has 0 saturated heterocycles. The van der Waals surface area contributed by atoms with Gasteiger partial charge < -0.3 is 9.40 Å². The summed E-state index contributed by atoms with van der Waals surface area (Å²) in [5.41, 5.74) is 9.84. The second kappa shape index (κ2) is 21.8. The van der Waals surface area contributed by atoms with E-state index in [4.69, 9.17) is 16.3 Å². The van der Waals surface area contributed by atoms with Gasteiger partial charge in [0.2, 0.25) is 0 Å². The molecule has 0 bridgehead atoms. The van der Waals surface area contributed by atoms with Crippen LogP contribution in [0, 0.1) is 29.3 Å². The molecule has 359 valence electrons. The van der Waals surface area contributed by atoms with Crippen LogP contribution in [-0.4, -0.2) is 23.2 Å². The average Bonchev–Trinajstić information content (AvgIpc) is 4.07. The first-order valence-electron chi connectivity index (χ1n) is 26.6. The predicted molar refractivity (Wildman–Crippen MR) is 290 cm³/mol. The predicted octanol–water partition coefficient (Wildman–Crippen LogP) is 17.3. The zero-order valence-corrected chi connectivity index (χ0v) is 45.9. The van der Waals surface area contributed by atoms with Gasteiger partial charge in [-0.25, -0.2) is 0 Å². The third kappa shape index (κ3) is 11.6. The third-order valence-corrected chi connectivity index (χ3v) is 16.8. The van der Waals surface area contributed by atoms with Crippen LogP contribution in [0.4, 0.5) is 21.5 Å². The van der Waals surface area contributed by atoms with Gasteiger partial charge in [0.25, 0.3) is 0 Å². The molecular formula is C63H64FGeIrN3O-2. The van der Waals surface area contributed by atoms with Crippen molar-refractivity contribution in [3.05, 3.63) is 193 Å². The van der Waals surface area contributed by atoms with Gasteiger partial charge in [0.15, 0.2) is 0 Å². The molecule has 1 saturated carbocycles. The molecule has 0 amide bonds. The van der Waals surface area contributed by atoms with Gasteiger partial charge in [-0.2, -0.15) is 0 Å². The molecule has 0 spiro atoms. The Morgan fingerprint density at radius 3 is 2.01 bits per heavy atom. The van der Waals surface area contributed by atoms with E-state index >= 15 is 4.39 Å². The summed E-state index contributed by atoms with van der Waals surface area (Å²) in [6, 6.07) is 53.7. The number of benzene rings is 6. The SMILES string of the molecule is [2H]C(C)(C)c1cnc(-c2[c-]cc(F)c3c2oc2cc(-c4ccccc4)ccc23)cc1C([2H])([2H])C1CCCC1.[2H]C([2H])(c1cc(-c2[c-]ccc(N(c3ccccc3)c3ccccc3)c2)nc[c]1[Ge]([CH3])([CH3])[CH3])C(C)(C)C.[Ir]. The summed E-state index contributed by atoms with van der Waals surface area (Å²) < 4.78 is 67.6. The van der Waals surface area contributed by atoms with Crippen LogP contribution < -0.4 is 9.30 Å². The molecule has 9 aromatic rings. The number of furan rings is 1. The summed E-state index contributed by atoms with van der Waals surface area (Å²) in [6.07, 6.45) is 4.10. The second-order valence-corrected chi connectivity index (χ2v) is 30.9. The molecular weight excluding hydrogens is 1100 g/mol. The molecule has 7 heteroatoms. The Balaban J connectivity index is 0.000000197. The van der Waals surface area contributed by atoms with Crippen LogP contribution in [0.3, 0.4) is 0 Å². The molecule has 6 aromatic carbocycles. The van der Waals surface area contributed by atoms with Gasteiger partial charge in [0.1, 0.15) is 5.58 Å². The first-order chi connectivity index (χ1) is 35.0. The van der Waals surface area contributed by atoms with E-state index in [1.807, 2.05) is 124 Å². The Morgan fingerprint density at radius 2 is 1.39 bits per heavy atom. The number of hydrogen-bond acceptors (Lipinski definition) is 4. The molecule has 0 aliphatic heterocycles. The fourth-order valence-electron chi connectivity index (χ4n) is 9.23. The van der Waals surface area contributed by atoms with Crippen molar-refractivity contribution in [3.63, 3.8) is 0 Å². The number of para-hydroxylation sites is 2. The van der Waals surface area contributed by atoms with Gasteiger partial charge in [-0.05, 0) is 57.6 Å². The third-order valence-electron chi connectivity index (χ3n) is 12.6. The fourth-order valence-corrected chi connectivity index (χ4v) is 12.2. The minimum absolute atomic E-state index is 0. The van der Waals surface area contributed by atoms with E-state index in [1.54, 1.807) is 26.1 Å². The molecule has 70 heavy (non-hydrogen) atoms. The molecule has 4 nitrogen and oxygen atoms in total. The van der Waals surface area contributed by atoms with Crippen molar-refractivity contribution >= 4 is 56.7 Å². The summed E-state index contributed by atoms with van der Waals surface area (Å²) in [4.78, 5) is 11.7. The van der Waals surface area contributed by atoms with Gasteiger partial charge in [-0.3, -0.25) is 4.39 Å². The zero-order chi connectivity index (χ0) is 52.8. The average molecular weight is 1170 g/mol. The molecule has 0 unspecified atom stereocenters. The molecule has 1 fully saturated rings. The minimum Gasteiger partial charge on any atom is 0 e. The largest absolute Gasteiger partial charge is 0 e. The van der Waals surface area contributed by atoms with Gasteiger partial charge in [0.05, 0.1) is 5.58 Å². The number of halogens is 1. The number of fused-ring (bicyclic) bond motifs is 3. The second-order valence-electron chi connectivity index (χ2n) is 20.3. The number of aromatic nitrogens is 2. The van der Waals surface area contributed by atoms with Crippen molar-refractivity contribution in [1.82, 2.24) is 9.97 Å². The fraction of sp³-hybridized carbons (Fsp3) is 0.270. The first-order valence-corrected chi connectivity index (χ1v) is 31.4. The summed E-state index contributed by atoms with van der Waals surface area (Å²) in [7, 11) is 0. The number of pyridine rings is 2. The Hall–Kier alpha value is -5.66. The zero-order valence-electron chi connectivity index (χ0n) is 46.4. The van der Waals surface area contributed by atoms with E-state index in [-0.39, 0.29) is 26.0 Å². The number of nitrogens with zero attached hydrogens (tertiary/aromatic N) is 3. The number of anilines is 3. The Kier molecular flexibility index (Phi) is 13.8. The van der Waals surface area contributed by atoms with Crippen LogP contribution in [0.15, 0.2) is 162 Å². The minimum atomic E-state index is -2.39. The molecule has 1 radical (unpaired) electrons. The maximum atomic E-state index is 15.2. The number of rotatable bonds is 11. The van der Waals surface area contributed by atoms with Crippen LogP contribution in [0.25, 0.3) is 55.6 Å². The van der Waals surface area contributed by atoms with Gasteiger partial charge in [-0.15, -0.1) is 12.1 Å². The van der Waals surface area contributed by atoms with Crippen molar-refractivity contribution < 1.29 is 35.8 Å². The van der Waals surface area contributed by atoms with E-state index in [0.717, 1.165) is 75.1 Å². The molecule has 0 N–H and O–H groups in total. The number of hydrogen-bond donors (Lipinski definition) is 0. The molecule has 3 aromatic heterocycles. The van der Waals surface area contributed by atoms with Crippen molar-refractivity contribution in [3.8, 4) is 33.6 Å². The van der Waals surface area contributed by atoms with E-state index in [1.165, 1.54) is 6.07 Å². The molecule has 0 atom stereocenters. The van der Waals surface area contributed by atoms with E-state index in [9.17, 15) is 0 Å². The van der Waals surface area contributed by atoms with Crippen LogP contribution >= 0.6 is 0 Å². The van der Waals surface area contributed by atoms with Crippen molar-refractivity contribution in [1.29, 1.82) is 0 Å². The standard InChI is InChI=1S/C32H29FNO.C31H35GeN2.Ir/c1-20(2)27-19-34-29(17-24(27)16-21-8-6-7-9-21)25-14-15-28(33)31-26-13-12-23(18-30(26)35-32(25)31)22-10-4-3-5-11-22;1-31(2,3)22-25-21-30(33-23-29(25)32(4,5)6)24-14-13-19-28(20-24)34(26-15-9-7-10-16-26)27-17-11-8-12-18-27;/h3-5,10-13,15,17-21H,6-9,16H2,1-2H3;7-13,15-21,23H,22H2,1-6H3;/q2*-1;/i16D2,20D;22D2;. The topological polar surface area (TPSA) is 42.2 Å². The summed E-state index contributed by atoms with van der Waals surface area (Å²) in [5.74, 6) is 5.32.